The molecule has 0 fully saturated rings. The average Bonchev–Trinajstić information content (AvgIpc) is 2.39. The molecule has 2 atom stereocenters. The second-order valence-corrected chi connectivity index (χ2v) is 6.59. The van der Waals surface area contributed by atoms with Crippen LogP contribution in [0.1, 0.15) is 38.4 Å². The number of para-hydroxylation sites is 1. The number of fused-ring (bicyclic) bond motifs is 1. The topological polar surface area (TPSA) is 87.9 Å². The van der Waals surface area contributed by atoms with Gasteiger partial charge < -0.3 is 9.47 Å². The number of benzene rings is 1. The van der Waals surface area contributed by atoms with Crippen LogP contribution in [0.3, 0.4) is 0 Å². The highest BCUT2D eigenvalue weighted by Gasteiger charge is 2.37. The van der Waals surface area contributed by atoms with Gasteiger partial charge in [-0.1, -0.05) is 30.7 Å². The smallest absolute Gasteiger partial charge is 0.333 e. The first-order valence-corrected chi connectivity index (χ1v) is 8.41. The molecule has 2 N–H and O–H groups in total. The fraction of sp³-hybridized carbons (Fsp3) is 0.538. The molecule has 0 bridgehead atoms. The van der Waals surface area contributed by atoms with E-state index in [9.17, 15) is 8.42 Å². The van der Waals surface area contributed by atoms with Gasteiger partial charge in [0.25, 0.3) is 0 Å². The Morgan fingerprint density at radius 1 is 1.48 bits per heavy atom. The van der Waals surface area contributed by atoms with Gasteiger partial charge in [0, 0.05) is 25.3 Å². The van der Waals surface area contributed by atoms with Crippen LogP contribution in [0.4, 0.5) is 0 Å². The summed E-state index contributed by atoms with van der Waals surface area (Å²) in [5, 5.41) is 5.31. The largest absolute Gasteiger partial charge is 0.461 e. The predicted molar refractivity (Wildman–Crippen MR) is 78.3 cm³/mol. The van der Waals surface area contributed by atoms with Gasteiger partial charge in [-0.3, -0.25) is 4.18 Å². The summed E-state index contributed by atoms with van der Waals surface area (Å²) in [6.45, 7) is 3.67. The van der Waals surface area contributed by atoms with Gasteiger partial charge in [0.05, 0.1) is 17.7 Å². The van der Waals surface area contributed by atoms with Crippen molar-refractivity contribution in [2.45, 2.75) is 38.6 Å². The average molecular weight is 336 g/mol. The first-order chi connectivity index (χ1) is 9.74. The molecule has 6 nitrogen and oxygen atoms in total. The highest BCUT2D eigenvalue weighted by atomic mass is 35.5. The van der Waals surface area contributed by atoms with E-state index in [4.69, 9.17) is 26.2 Å². The molecule has 0 aliphatic carbocycles. The third-order valence-electron chi connectivity index (χ3n) is 3.32. The van der Waals surface area contributed by atoms with Gasteiger partial charge in [-0.05, 0) is 6.07 Å². The van der Waals surface area contributed by atoms with Gasteiger partial charge >= 0.3 is 10.3 Å². The van der Waals surface area contributed by atoms with Gasteiger partial charge in [0.1, 0.15) is 5.75 Å². The summed E-state index contributed by atoms with van der Waals surface area (Å²) >= 11 is 6.17. The molecule has 0 amide bonds. The quantitative estimate of drug-likeness (QED) is 0.893. The van der Waals surface area contributed by atoms with Crippen molar-refractivity contribution in [1.82, 2.24) is 0 Å². The van der Waals surface area contributed by atoms with Crippen LogP contribution in [0.25, 0.3) is 0 Å². The fourth-order valence-corrected chi connectivity index (χ4v) is 2.68. The van der Waals surface area contributed by atoms with E-state index in [-0.39, 0.29) is 12.7 Å². The van der Waals surface area contributed by atoms with Gasteiger partial charge in [0.15, 0.2) is 0 Å². The maximum atomic E-state index is 10.8. The standard InChI is InChI=1S/C13H18ClNO5S/c1-3-13(2)19-11(7-8-18-21(15,16)17)9-5-4-6-10(14)12(9)20-13/h4-6,11H,3,7-8H2,1-2H3,(H2,15,16,17). The van der Waals surface area contributed by atoms with Crippen molar-refractivity contribution in [3.63, 3.8) is 0 Å². The number of nitrogens with two attached hydrogens (primary N) is 1. The van der Waals surface area contributed by atoms with Crippen LogP contribution >= 0.6 is 11.6 Å². The summed E-state index contributed by atoms with van der Waals surface area (Å²) in [5.74, 6) is -0.250. The zero-order valence-corrected chi connectivity index (χ0v) is 13.4. The number of hydrogen-bond acceptors (Lipinski definition) is 5. The first kappa shape index (κ1) is 16.5. The Balaban J connectivity index is 2.22. The number of ether oxygens (including phenoxy) is 2. The molecule has 0 spiro atoms. The van der Waals surface area contributed by atoms with Crippen molar-refractivity contribution in [2.24, 2.45) is 5.14 Å². The Morgan fingerprint density at radius 2 is 2.19 bits per heavy atom. The van der Waals surface area contributed by atoms with Crippen molar-refractivity contribution in [1.29, 1.82) is 0 Å². The molecule has 1 aliphatic heterocycles. The molecule has 1 aromatic rings. The minimum absolute atomic E-state index is 0.0742. The predicted octanol–water partition coefficient (Wildman–Crippen LogP) is 2.53. The van der Waals surface area contributed by atoms with Crippen LogP contribution in [0, 0.1) is 0 Å². The van der Waals surface area contributed by atoms with E-state index in [2.05, 4.69) is 4.18 Å². The fourth-order valence-electron chi connectivity index (χ4n) is 2.13. The zero-order chi connectivity index (χ0) is 15.7. The molecule has 0 radical (unpaired) electrons. The molecule has 0 saturated heterocycles. The normalized spacial score (nSPS) is 25.2. The van der Waals surface area contributed by atoms with Crippen LogP contribution in [0.2, 0.25) is 5.02 Å². The van der Waals surface area contributed by atoms with E-state index < -0.39 is 16.1 Å². The van der Waals surface area contributed by atoms with Gasteiger partial charge in [-0.2, -0.15) is 8.42 Å². The Bertz CT molecular complexity index is 621. The maximum Gasteiger partial charge on any atom is 0.333 e. The molecular formula is C13H18ClNO5S. The highest BCUT2D eigenvalue weighted by Crippen LogP contribution is 2.44. The van der Waals surface area contributed by atoms with Gasteiger partial charge in [0.2, 0.25) is 5.79 Å². The number of hydrogen-bond donors (Lipinski definition) is 1. The first-order valence-electron chi connectivity index (χ1n) is 6.56. The van der Waals surface area contributed by atoms with Gasteiger partial charge in [-0.15, -0.1) is 0 Å². The molecule has 1 heterocycles. The third-order valence-corrected chi connectivity index (χ3v) is 4.12. The maximum absolute atomic E-state index is 10.8. The molecule has 1 aromatic carbocycles. The van der Waals surface area contributed by atoms with Crippen LogP contribution in [-0.4, -0.2) is 20.8 Å². The lowest BCUT2D eigenvalue weighted by Crippen LogP contribution is -2.40. The van der Waals surface area contributed by atoms with Gasteiger partial charge in [-0.25, -0.2) is 5.14 Å². The van der Waals surface area contributed by atoms with E-state index in [1.807, 2.05) is 19.9 Å². The van der Waals surface area contributed by atoms with Crippen molar-refractivity contribution in [2.75, 3.05) is 6.61 Å². The lowest BCUT2D eigenvalue weighted by Gasteiger charge is -2.40. The monoisotopic (exact) mass is 335 g/mol. The van der Waals surface area contributed by atoms with E-state index in [0.29, 0.717) is 23.6 Å². The Morgan fingerprint density at radius 3 is 2.81 bits per heavy atom. The van der Waals surface area contributed by atoms with Crippen molar-refractivity contribution in [3.05, 3.63) is 28.8 Å². The van der Waals surface area contributed by atoms with E-state index in [0.717, 1.165) is 5.56 Å². The molecule has 118 valence electrons. The van der Waals surface area contributed by atoms with Crippen molar-refractivity contribution >= 4 is 21.9 Å². The number of rotatable bonds is 5. The molecule has 2 rings (SSSR count). The Hall–Kier alpha value is -0.860. The summed E-state index contributed by atoms with van der Waals surface area (Å²) in [7, 11) is -3.96. The van der Waals surface area contributed by atoms with E-state index in [1.165, 1.54) is 0 Å². The van der Waals surface area contributed by atoms with Crippen LogP contribution in [0.5, 0.6) is 5.75 Å². The Kier molecular flexibility index (Phi) is 4.79. The number of halogens is 1. The lowest BCUT2D eigenvalue weighted by molar-refractivity contribution is -0.222. The van der Waals surface area contributed by atoms with Crippen LogP contribution in [-0.2, 0) is 19.2 Å². The summed E-state index contributed by atoms with van der Waals surface area (Å²) in [6.07, 6.45) is 0.562. The molecule has 0 saturated carbocycles. The summed E-state index contributed by atoms with van der Waals surface area (Å²) in [4.78, 5) is 0. The van der Waals surface area contributed by atoms with Crippen molar-refractivity contribution < 1.29 is 22.1 Å². The SMILES string of the molecule is CCC1(C)Oc2c(Cl)cccc2C(CCOS(N)(=O)=O)O1. The summed E-state index contributed by atoms with van der Waals surface area (Å²) in [5.41, 5.74) is 0.770. The van der Waals surface area contributed by atoms with E-state index >= 15 is 0 Å². The third kappa shape index (κ3) is 4.08. The molecule has 2 unspecified atom stereocenters. The van der Waals surface area contributed by atoms with Crippen LogP contribution < -0.4 is 9.88 Å². The molecular weight excluding hydrogens is 318 g/mol. The minimum Gasteiger partial charge on any atom is -0.461 e. The molecule has 1 aliphatic rings. The zero-order valence-electron chi connectivity index (χ0n) is 11.8. The lowest BCUT2D eigenvalue weighted by atomic mass is 10.0. The Labute approximate surface area is 129 Å². The second kappa shape index (κ2) is 6.10. The molecule has 0 aromatic heterocycles. The second-order valence-electron chi connectivity index (χ2n) is 4.96. The van der Waals surface area contributed by atoms with E-state index in [1.54, 1.807) is 12.1 Å². The summed E-state index contributed by atoms with van der Waals surface area (Å²) in [6, 6.07) is 5.35. The molecule has 8 heteroatoms. The summed E-state index contributed by atoms with van der Waals surface area (Å²) < 4.78 is 38.0. The van der Waals surface area contributed by atoms with Crippen LogP contribution in [0.15, 0.2) is 18.2 Å². The highest BCUT2D eigenvalue weighted by molar-refractivity contribution is 7.84. The van der Waals surface area contributed by atoms with Crippen molar-refractivity contribution in [3.8, 4) is 5.75 Å². The minimum atomic E-state index is -3.96. The molecule has 21 heavy (non-hydrogen) atoms.